The molecule has 2 rings (SSSR count). The van der Waals surface area contributed by atoms with Gasteiger partial charge in [-0.05, 0) is 24.6 Å². The van der Waals surface area contributed by atoms with Crippen LogP contribution in [0.5, 0.6) is 0 Å². The van der Waals surface area contributed by atoms with E-state index in [1.807, 2.05) is 6.92 Å². The fraction of sp³-hybridized carbons (Fsp3) is 0.318. The van der Waals surface area contributed by atoms with Crippen LogP contribution in [0, 0.1) is 0 Å². The number of ether oxygens (including phenoxy) is 3. The zero-order valence-electron chi connectivity index (χ0n) is 17.9. The van der Waals surface area contributed by atoms with Gasteiger partial charge in [-0.15, -0.1) is 0 Å². The van der Waals surface area contributed by atoms with Gasteiger partial charge in [0.05, 0.1) is 32.3 Å². The van der Waals surface area contributed by atoms with Gasteiger partial charge in [-0.25, -0.2) is 14.8 Å². The van der Waals surface area contributed by atoms with Crippen LogP contribution in [0.3, 0.4) is 0 Å². The summed E-state index contributed by atoms with van der Waals surface area (Å²) in [6.45, 7) is 3.71. The number of rotatable bonds is 10. The number of nitrogens with zero attached hydrogens (tertiary/aromatic N) is 3. The fourth-order valence-corrected chi connectivity index (χ4v) is 2.72. The van der Waals surface area contributed by atoms with Crippen molar-refractivity contribution in [3.63, 3.8) is 0 Å². The maximum absolute atomic E-state index is 12.4. The van der Waals surface area contributed by atoms with Gasteiger partial charge >= 0.3 is 11.9 Å². The summed E-state index contributed by atoms with van der Waals surface area (Å²) in [5.41, 5.74) is 1.82. The van der Waals surface area contributed by atoms with Gasteiger partial charge in [-0.2, -0.15) is 0 Å². The maximum Gasteiger partial charge on any atom is 0.332 e. The molecule has 0 saturated carbocycles. The van der Waals surface area contributed by atoms with Crippen LogP contribution in [0.4, 0.5) is 0 Å². The van der Waals surface area contributed by atoms with Crippen molar-refractivity contribution in [1.29, 1.82) is 0 Å². The highest BCUT2D eigenvalue weighted by Gasteiger charge is 2.27. The van der Waals surface area contributed by atoms with Gasteiger partial charge < -0.3 is 19.0 Å². The van der Waals surface area contributed by atoms with E-state index in [1.54, 1.807) is 42.6 Å². The van der Waals surface area contributed by atoms with E-state index in [9.17, 15) is 9.59 Å². The maximum atomic E-state index is 12.4. The molecule has 1 heterocycles. The van der Waals surface area contributed by atoms with Crippen molar-refractivity contribution in [3.8, 4) is 0 Å². The van der Waals surface area contributed by atoms with E-state index in [-0.39, 0.29) is 18.1 Å². The first-order chi connectivity index (χ1) is 15.0. The summed E-state index contributed by atoms with van der Waals surface area (Å²) in [4.78, 5) is 37.5. The SMILES string of the molecule is CCOC=Cc1ccnc(C(=NOC(C)=O)c2ccccc2C(COC)C(=O)OC)n1. The van der Waals surface area contributed by atoms with E-state index in [0.717, 1.165) is 0 Å². The molecule has 1 aromatic carbocycles. The Labute approximate surface area is 180 Å². The molecule has 0 N–H and O–H groups in total. The van der Waals surface area contributed by atoms with Crippen LogP contribution in [0.2, 0.25) is 0 Å². The molecule has 9 heteroatoms. The molecule has 1 aromatic heterocycles. The van der Waals surface area contributed by atoms with Crippen LogP contribution in [0.25, 0.3) is 6.08 Å². The Morgan fingerprint density at radius 1 is 1.19 bits per heavy atom. The monoisotopic (exact) mass is 427 g/mol. The van der Waals surface area contributed by atoms with Gasteiger partial charge in [0.2, 0.25) is 0 Å². The standard InChI is InChI=1S/C22H25N3O6/c1-5-30-13-11-16-10-12-23-21(24-16)20(25-31-15(2)26)18-9-7-6-8-17(18)19(14-28-3)22(27)29-4/h6-13,19H,5,14H2,1-4H3. The van der Waals surface area contributed by atoms with Crippen molar-refractivity contribution < 1.29 is 28.6 Å². The van der Waals surface area contributed by atoms with Crippen molar-refractivity contribution in [2.45, 2.75) is 19.8 Å². The van der Waals surface area contributed by atoms with Crippen molar-refractivity contribution in [3.05, 3.63) is 65.4 Å². The summed E-state index contributed by atoms with van der Waals surface area (Å²) >= 11 is 0. The highest BCUT2D eigenvalue weighted by atomic mass is 16.7. The summed E-state index contributed by atoms with van der Waals surface area (Å²) in [7, 11) is 2.79. The first-order valence-corrected chi connectivity index (χ1v) is 9.55. The van der Waals surface area contributed by atoms with Crippen LogP contribution in [-0.4, -0.2) is 55.1 Å². The molecule has 9 nitrogen and oxygen atoms in total. The second kappa shape index (κ2) is 12.2. The van der Waals surface area contributed by atoms with Gasteiger partial charge in [0.25, 0.3) is 0 Å². The van der Waals surface area contributed by atoms with Gasteiger partial charge in [0.1, 0.15) is 5.92 Å². The van der Waals surface area contributed by atoms with Crippen molar-refractivity contribution in [2.24, 2.45) is 5.16 Å². The molecule has 0 aliphatic rings. The zero-order chi connectivity index (χ0) is 22.6. The number of aromatic nitrogens is 2. The number of methoxy groups -OCH3 is 2. The first-order valence-electron chi connectivity index (χ1n) is 9.55. The lowest BCUT2D eigenvalue weighted by Crippen LogP contribution is -2.23. The number of esters is 1. The average molecular weight is 427 g/mol. The summed E-state index contributed by atoms with van der Waals surface area (Å²) in [6.07, 6.45) is 4.74. The molecular weight excluding hydrogens is 402 g/mol. The highest BCUT2D eigenvalue weighted by molar-refractivity contribution is 6.12. The minimum Gasteiger partial charge on any atom is -0.501 e. The minimum atomic E-state index is -0.727. The van der Waals surface area contributed by atoms with E-state index >= 15 is 0 Å². The van der Waals surface area contributed by atoms with E-state index in [0.29, 0.717) is 23.4 Å². The lowest BCUT2D eigenvalue weighted by molar-refractivity contribution is -0.144. The van der Waals surface area contributed by atoms with Crippen molar-refractivity contribution >= 4 is 23.7 Å². The van der Waals surface area contributed by atoms with Crippen LogP contribution < -0.4 is 0 Å². The van der Waals surface area contributed by atoms with Gasteiger partial charge in [-0.1, -0.05) is 29.4 Å². The van der Waals surface area contributed by atoms with E-state index in [1.165, 1.54) is 27.4 Å². The van der Waals surface area contributed by atoms with Gasteiger partial charge in [0.15, 0.2) is 11.5 Å². The number of carbonyl (C=O) groups excluding carboxylic acids is 2. The predicted octanol–water partition coefficient (Wildman–Crippen LogP) is 2.70. The van der Waals surface area contributed by atoms with E-state index in [2.05, 4.69) is 15.1 Å². The molecule has 0 saturated heterocycles. The summed E-state index contributed by atoms with van der Waals surface area (Å²) in [5.74, 6) is -1.61. The molecule has 0 amide bonds. The van der Waals surface area contributed by atoms with Crippen molar-refractivity contribution in [2.75, 3.05) is 27.4 Å². The molecule has 1 unspecified atom stereocenters. The topological polar surface area (TPSA) is 109 Å². The first kappa shape index (κ1) is 23.7. The quantitative estimate of drug-likeness (QED) is 0.187. The molecule has 164 valence electrons. The summed E-state index contributed by atoms with van der Waals surface area (Å²) in [6, 6.07) is 8.71. The highest BCUT2D eigenvalue weighted by Crippen LogP contribution is 2.24. The van der Waals surface area contributed by atoms with Gasteiger partial charge in [-0.3, -0.25) is 4.79 Å². The second-order valence-electron chi connectivity index (χ2n) is 6.20. The number of hydrogen-bond acceptors (Lipinski definition) is 9. The minimum absolute atomic E-state index is 0.0858. The molecule has 0 radical (unpaired) electrons. The molecule has 1 atom stereocenters. The predicted molar refractivity (Wildman–Crippen MR) is 113 cm³/mol. The molecular formula is C22H25N3O6. The number of benzene rings is 1. The Balaban J connectivity index is 2.61. The molecule has 0 fully saturated rings. The third kappa shape index (κ3) is 6.71. The zero-order valence-corrected chi connectivity index (χ0v) is 17.9. The Kier molecular flexibility index (Phi) is 9.31. The van der Waals surface area contributed by atoms with Crippen LogP contribution in [0.15, 0.2) is 47.9 Å². The van der Waals surface area contributed by atoms with E-state index < -0.39 is 17.9 Å². The van der Waals surface area contributed by atoms with Gasteiger partial charge in [0, 0.05) is 25.8 Å². The Morgan fingerprint density at radius 2 is 1.97 bits per heavy atom. The Bertz CT molecular complexity index is 958. The molecule has 0 bridgehead atoms. The largest absolute Gasteiger partial charge is 0.501 e. The Morgan fingerprint density at radius 3 is 2.65 bits per heavy atom. The van der Waals surface area contributed by atoms with Crippen LogP contribution in [0.1, 0.15) is 42.4 Å². The lowest BCUT2D eigenvalue weighted by Gasteiger charge is -2.18. The third-order valence-electron chi connectivity index (χ3n) is 4.07. The molecule has 0 spiro atoms. The average Bonchev–Trinajstić information content (AvgIpc) is 2.78. The molecule has 31 heavy (non-hydrogen) atoms. The normalized spacial score (nSPS) is 12.5. The number of carbonyl (C=O) groups is 2. The second-order valence-corrected chi connectivity index (χ2v) is 6.20. The number of oxime groups is 1. The number of hydrogen-bond donors (Lipinski definition) is 0. The van der Waals surface area contributed by atoms with E-state index in [4.69, 9.17) is 19.0 Å². The smallest absolute Gasteiger partial charge is 0.332 e. The summed E-state index contributed by atoms with van der Waals surface area (Å²) < 4.78 is 15.4. The Hall–Kier alpha value is -3.59. The fourth-order valence-electron chi connectivity index (χ4n) is 2.72. The summed E-state index contributed by atoms with van der Waals surface area (Å²) in [5, 5.41) is 3.98. The molecule has 0 aliphatic heterocycles. The van der Waals surface area contributed by atoms with Crippen LogP contribution in [-0.2, 0) is 28.6 Å². The van der Waals surface area contributed by atoms with Crippen LogP contribution >= 0.6 is 0 Å². The molecule has 2 aromatic rings. The van der Waals surface area contributed by atoms with Crippen molar-refractivity contribution in [1.82, 2.24) is 9.97 Å². The lowest BCUT2D eigenvalue weighted by atomic mass is 9.92. The third-order valence-corrected chi connectivity index (χ3v) is 4.07. The molecule has 0 aliphatic carbocycles.